The molecule has 7 nitrogen and oxygen atoms in total. The van der Waals surface area contributed by atoms with Crippen LogP contribution in [-0.4, -0.2) is 34.1 Å². The molecule has 0 saturated heterocycles. The van der Waals surface area contributed by atoms with E-state index in [1.54, 1.807) is 60.7 Å². The van der Waals surface area contributed by atoms with Crippen LogP contribution < -0.4 is 19.1 Å². The number of amides is 1. The fourth-order valence-corrected chi connectivity index (χ4v) is 4.99. The van der Waals surface area contributed by atoms with Crippen LogP contribution in [-0.2, 0) is 10.0 Å². The zero-order valence-corrected chi connectivity index (χ0v) is 17.9. The lowest BCUT2D eigenvalue weighted by atomic mass is 10.2. The molecule has 3 aromatic rings. The summed E-state index contributed by atoms with van der Waals surface area (Å²) in [7, 11) is -2.30. The van der Waals surface area contributed by atoms with Crippen molar-refractivity contribution in [1.29, 1.82) is 0 Å². The maximum Gasteiger partial charge on any atom is 0.264 e. The molecule has 0 saturated carbocycles. The summed E-state index contributed by atoms with van der Waals surface area (Å²) in [6.07, 6.45) is -0.274. The summed E-state index contributed by atoms with van der Waals surface area (Å²) in [5.41, 5.74) is 1.38. The van der Waals surface area contributed by atoms with Gasteiger partial charge in [0.25, 0.3) is 15.9 Å². The molecule has 1 amide bonds. The first-order chi connectivity index (χ1) is 14.9. The number of sulfonamides is 1. The Kier molecular flexibility index (Phi) is 5.56. The summed E-state index contributed by atoms with van der Waals surface area (Å²) in [6.45, 7) is 2.04. The Bertz CT molecular complexity index is 1210. The lowest BCUT2D eigenvalue weighted by molar-refractivity contribution is 0.102. The highest BCUT2D eigenvalue weighted by atomic mass is 32.2. The summed E-state index contributed by atoms with van der Waals surface area (Å²) in [5.74, 6) is 0.647. The lowest BCUT2D eigenvalue weighted by Crippen LogP contribution is -2.42. The molecule has 1 aliphatic rings. The third-order valence-electron chi connectivity index (χ3n) is 4.94. The number of para-hydroxylation sites is 3. The molecule has 0 aliphatic carbocycles. The van der Waals surface area contributed by atoms with Crippen molar-refractivity contribution in [1.82, 2.24) is 0 Å². The fraction of sp³-hybridized carbons (Fsp3) is 0.174. The molecular weight excluding hydrogens is 416 g/mol. The van der Waals surface area contributed by atoms with Gasteiger partial charge in [-0.05, 0) is 55.5 Å². The van der Waals surface area contributed by atoms with Gasteiger partial charge in [-0.2, -0.15) is 0 Å². The summed E-state index contributed by atoms with van der Waals surface area (Å²) in [5, 5.41) is 2.77. The number of carbonyl (C=O) groups excluding carboxylic acids is 1. The molecule has 8 heteroatoms. The minimum atomic E-state index is -3.80. The lowest BCUT2D eigenvalue weighted by Gasteiger charge is -2.34. The first-order valence-corrected chi connectivity index (χ1v) is 11.2. The molecular formula is C23H22N2O5S. The van der Waals surface area contributed by atoms with E-state index in [9.17, 15) is 13.2 Å². The monoisotopic (exact) mass is 438 g/mol. The summed E-state index contributed by atoms with van der Waals surface area (Å²) in [4.78, 5) is 12.7. The smallest absolute Gasteiger partial charge is 0.264 e. The van der Waals surface area contributed by atoms with Crippen molar-refractivity contribution in [2.24, 2.45) is 0 Å². The number of anilines is 2. The number of hydrogen-bond donors (Lipinski definition) is 1. The molecule has 3 aromatic carbocycles. The molecule has 1 unspecified atom stereocenters. The van der Waals surface area contributed by atoms with Crippen molar-refractivity contribution in [2.75, 3.05) is 23.3 Å². The van der Waals surface area contributed by atoms with Gasteiger partial charge < -0.3 is 14.8 Å². The topological polar surface area (TPSA) is 84.9 Å². The second-order valence-electron chi connectivity index (χ2n) is 7.11. The standard InChI is InChI=1S/C23H22N2O5S/c1-16-15-25(20-8-4-6-10-22(20)30-16)31(27,28)18-13-11-17(12-14-18)24-23(26)19-7-3-5-9-21(19)29-2/h3-14,16H,15H2,1-2H3,(H,24,26). The third-order valence-corrected chi connectivity index (χ3v) is 6.73. The molecule has 0 fully saturated rings. The SMILES string of the molecule is COc1ccccc1C(=O)Nc1ccc(S(=O)(=O)N2CC(C)Oc3ccccc32)cc1. The number of nitrogens with one attached hydrogen (secondary N) is 1. The van der Waals surface area contributed by atoms with Crippen molar-refractivity contribution >= 4 is 27.3 Å². The van der Waals surface area contributed by atoms with Crippen molar-refractivity contribution in [3.8, 4) is 11.5 Å². The predicted octanol–water partition coefficient (Wildman–Crippen LogP) is 3.92. The van der Waals surface area contributed by atoms with E-state index in [1.165, 1.54) is 23.5 Å². The Morgan fingerprint density at radius 1 is 1.03 bits per heavy atom. The number of hydrogen-bond acceptors (Lipinski definition) is 5. The Morgan fingerprint density at radius 2 is 1.71 bits per heavy atom. The van der Waals surface area contributed by atoms with Crippen LogP contribution in [0, 0.1) is 0 Å². The van der Waals surface area contributed by atoms with Gasteiger partial charge in [0.1, 0.15) is 17.6 Å². The molecule has 0 spiro atoms. The Hall–Kier alpha value is -3.52. The van der Waals surface area contributed by atoms with E-state index in [0.717, 1.165) is 0 Å². The van der Waals surface area contributed by atoms with Gasteiger partial charge in [-0.1, -0.05) is 24.3 Å². The Labute approximate surface area is 181 Å². The predicted molar refractivity (Wildman–Crippen MR) is 118 cm³/mol. The molecule has 1 atom stereocenters. The van der Waals surface area contributed by atoms with Crippen LogP contribution in [0.4, 0.5) is 11.4 Å². The molecule has 4 rings (SSSR count). The van der Waals surface area contributed by atoms with E-state index in [1.807, 2.05) is 6.92 Å². The second kappa shape index (κ2) is 8.31. The zero-order chi connectivity index (χ0) is 22.0. The van der Waals surface area contributed by atoms with E-state index in [0.29, 0.717) is 28.4 Å². The highest BCUT2D eigenvalue weighted by Crippen LogP contribution is 2.36. The zero-order valence-electron chi connectivity index (χ0n) is 17.1. The molecule has 0 aromatic heterocycles. The van der Waals surface area contributed by atoms with E-state index in [-0.39, 0.29) is 23.5 Å². The third kappa shape index (κ3) is 4.06. The van der Waals surface area contributed by atoms with Gasteiger partial charge in [0, 0.05) is 5.69 Å². The van der Waals surface area contributed by atoms with Gasteiger partial charge in [0.05, 0.1) is 29.8 Å². The minimum absolute atomic E-state index is 0.131. The van der Waals surface area contributed by atoms with Crippen LogP contribution in [0.1, 0.15) is 17.3 Å². The molecule has 0 bridgehead atoms. The molecule has 1 aliphatic heterocycles. The number of benzene rings is 3. The van der Waals surface area contributed by atoms with Gasteiger partial charge in [0.15, 0.2) is 0 Å². The van der Waals surface area contributed by atoms with E-state index >= 15 is 0 Å². The number of rotatable bonds is 5. The highest BCUT2D eigenvalue weighted by molar-refractivity contribution is 7.92. The average molecular weight is 439 g/mol. The second-order valence-corrected chi connectivity index (χ2v) is 8.97. The Balaban J connectivity index is 1.57. The number of carbonyl (C=O) groups is 1. The number of methoxy groups -OCH3 is 1. The molecule has 1 N–H and O–H groups in total. The van der Waals surface area contributed by atoms with E-state index < -0.39 is 10.0 Å². The highest BCUT2D eigenvalue weighted by Gasteiger charge is 2.32. The van der Waals surface area contributed by atoms with Crippen molar-refractivity contribution < 1.29 is 22.7 Å². The molecule has 160 valence electrons. The first-order valence-electron chi connectivity index (χ1n) is 9.73. The van der Waals surface area contributed by atoms with Gasteiger partial charge in [0.2, 0.25) is 0 Å². The van der Waals surface area contributed by atoms with Crippen LogP contribution in [0.2, 0.25) is 0 Å². The number of nitrogens with zero attached hydrogens (tertiary/aromatic N) is 1. The van der Waals surface area contributed by atoms with Crippen LogP contribution in [0.3, 0.4) is 0 Å². The Morgan fingerprint density at radius 3 is 2.45 bits per heavy atom. The van der Waals surface area contributed by atoms with Crippen LogP contribution in [0.15, 0.2) is 77.7 Å². The summed E-state index contributed by atoms with van der Waals surface area (Å²) >= 11 is 0. The molecule has 31 heavy (non-hydrogen) atoms. The normalized spacial score (nSPS) is 15.5. The van der Waals surface area contributed by atoms with E-state index in [4.69, 9.17) is 9.47 Å². The quantitative estimate of drug-likeness (QED) is 0.653. The maximum absolute atomic E-state index is 13.3. The average Bonchev–Trinajstić information content (AvgIpc) is 2.78. The fourth-order valence-electron chi connectivity index (χ4n) is 3.44. The number of fused-ring (bicyclic) bond motifs is 1. The summed E-state index contributed by atoms with van der Waals surface area (Å²) in [6, 6.07) is 20.0. The van der Waals surface area contributed by atoms with E-state index in [2.05, 4.69) is 5.32 Å². The molecule has 1 heterocycles. The van der Waals surface area contributed by atoms with Gasteiger partial charge in [-0.25, -0.2) is 8.42 Å². The van der Waals surface area contributed by atoms with Crippen LogP contribution in [0.5, 0.6) is 11.5 Å². The number of ether oxygens (including phenoxy) is 2. The van der Waals surface area contributed by atoms with Gasteiger partial charge >= 0.3 is 0 Å². The van der Waals surface area contributed by atoms with Gasteiger partial charge in [-0.3, -0.25) is 9.10 Å². The largest absolute Gasteiger partial charge is 0.496 e. The summed E-state index contributed by atoms with van der Waals surface area (Å²) < 4.78 is 38.9. The van der Waals surface area contributed by atoms with Crippen molar-refractivity contribution in [2.45, 2.75) is 17.9 Å². The van der Waals surface area contributed by atoms with Crippen molar-refractivity contribution in [3.63, 3.8) is 0 Å². The van der Waals surface area contributed by atoms with Crippen LogP contribution in [0.25, 0.3) is 0 Å². The van der Waals surface area contributed by atoms with Crippen molar-refractivity contribution in [3.05, 3.63) is 78.4 Å². The first kappa shape index (κ1) is 20.7. The minimum Gasteiger partial charge on any atom is -0.496 e. The van der Waals surface area contributed by atoms with Gasteiger partial charge in [-0.15, -0.1) is 0 Å². The maximum atomic E-state index is 13.3. The molecule has 0 radical (unpaired) electrons. The van der Waals surface area contributed by atoms with Crippen LogP contribution >= 0.6 is 0 Å².